The molecule has 0 amide bonds. The molecule has 4 rings (SSSR count). The van der Waals surface area contributed by atoms with Crippen LogP contribution in [-0.2, 0) is 6.42 Å². The minimum atomic E-state index is 0.396. The highest BCUT2D eigenvalue weighted by molar-refractivity contribution is 5.71. The van der Waals surface area contributed by atoms with Gasteiger partial charge >= 0.3 is 0 Å². The van der Waals surface area contributed by atoms with E-state index in [0.29, 0.717) is 6.17 Å². The van der Waals surface area contributed by atoms with Crippen LogP contribution in [0, 0.1) is 13.8 Å². The van der Waals surface area contributed by atoms with E-state index in [1.54, 1.807) is 0 Å². The van der Waals surface area contributed by atoms with Crippen LogP contribution in [0.3, 0.4) is 0 Å². The topological polar surface area (TPSA) is 6.48 Å². The van der Waals surface area contributed by atoms with Crippen LogP contribution in [0.4, 0.5) is 11.4 Å². The number of anilines is 2. The quantitative estimate of drug-likeness (QED) is 0.767. The third kappa shape index (κ3) is 1.51. The number of hydrogen-bond donors (Lipinski definition) is 0. The molecule has 2 heterocycles. The lowest BCUT2D eigenvalue weighted by atomic mass is 10.1. The zero-order valence-corrected chi connectivity index (χ0v) is 11.9. The molecule has 1 atom stereocenters. The van der Waals surface area contributed by atoms with Gasteiger partial charge < -0.3 is 9.80 Å². The first-order valence-corrected chi connectivity index (χ1v) is 7.15. The zero-order chi connectivity index (χ0) is 13.7. The first-order valence-electron chi connectivity index (χ1n) is 7.15. The van der Waals surface area contributed by atoms with Crippen molar-refractivity contribution in [1.82, 2.24) is 0 Å². The standard InChI is InChI=1S/C18H18N2/c1-13-6-5-7-14(2)18(13)20-11-10-19-16-9-4-3-8-15(16)12-17(19)20/h3-11,17H,12H2,1-2H3. The minimum absolute atomic E-state index is 0.396. The van der Waals surface area contributed by atoms with Crippen molar-refractivity contribution in [1.29, 1.82) is 0 Å². The van der Waals surface area contributed by atoms with Gasteiger partial charge in [0.05, 0.1) is 0 Å². The summed E-state index contributed by atoms with van der Waals surface area (Å²) >= 11 is 0. The van der Waals surface area contributed by atoms with Gasteiger partial charge in [-0.25, -0.2) is 0 Å². The molecule has 0 spiro atoms. The van der Waals surface area contributed by atoms with E-state index < -0.39 is 0 Å². The van der Waals surface area contributed by atoms with Crippen LogP contribution in [0.5, 0.6) is 0 Å². The lowest BCUT2D eigenvalue weighted by Crippen LogP contribution is -2.37. The lowest BCUT2D eigenvalue weighted by molar-refractivity contribution is 0.716. The van der Waals surface area contributed by atoms with Crippen LogP contribution in [-0.4, -0.2) is 6.17 Å². The fourth-order valence-electron chi connectivity index (χ4n) is 3.48. The normalized spacial score (nSPS) is 19.4. The third-order valence-electron chi connectivity index (χ3n) is 4.40. The highest BCUT2D eigenvalue weighted by Crippen LogP contribution is 2.40. The van der Waals surface area contributed by atoms with Crippen molar-refractivity contribution in [3.05, 3.63) is 71.6 Å². The number of fused-ring (bicyclic) bond motifs is 3. The Morgan fingerprint density at radius 2 is 1.55 bits per heavy atom. The van der Waals surface area contributed by atoms with E-state index in [-0.39, 0.29) is 0 Å². The molecule has 0 radical (unpaired) electrons. The van der Waals surface area contributed by atoms with E-state index in [9.17, 15) is 0 Å². The van der Waals surface area contributed by atoms with Gasteiger partial charge in [0.1, 0.15) is 6.17 Å². The Kier molecular flexibility index (Phi) is 2.40. The monoisotopic (exact) mass is 262 g/mol. The molecule has 0 saturated carbocycles. The van der Waals surface area contributed by atoms with Gasteiger partial charge in [-0.1, -0.05) is 36.4 Å². The van der Waals surface area contributed by atoms with Crippen LogP contribution in [0.2, 0.25) is 0 Å². The molecule has 0 saturated heterocycles. The summed E-state index contributed by atoms with van der Waals surface area (Å²) in [6.45, 7) is 4.39. The Bertz CT molecular complexity index is 682. The van der Waals surface area contributed by atoms with E-state index in [0.717, 1.165) is 6.42 Å². The van der Waals surface area contributed by atoms with Crippen molar-refractivity contribution in [2.75, 3.05) is 9.80 Å². The maximum absolute atomic E-state index is 2.42. The van der Waals surface area contributed by atoms with Crippen LogP contribution >= 0.6 is 0 Å². The summed E-state index contributed by atoms with van der Waals surface area (Å²) in [5.74, 6) is 0. The SMILES string of the molecule is Cc1cccc(C)c1N1C=CN2c3ccccc3CC21. The first-order chi connectivity index (χ1) is 9.75. The fourth-order valence-corrected chi connectivity index (χ4v) is 3.48. The molecule has 1 unspecified atom stereocenters. The van der Waals surface area contributed by atoms with Crippen molar-refractivity contribution in [3.8, 4) is 0 Å². The number of aryl methyl sites for hydroxylation is 2. The van der Waals surface area contributed by atoms with Gasteiger partial charge in [0, 0.05) is 30.2 Å². The summed E-state index contributed by atoms with van der Waals surface area (Å²) in [4.78, 5) is 4.81. The molecule has 0 aromatic heterocycles. The summed E-state index contributed by atoms with van der Waals surface area (Å²) in [7, 11) is 0. The van der Waals surface area contributed by atoms with Gasteiger partial charge in [0.25, 0.3) is 0 Å². The Hall–Kier alpha value is -2.22. The second-order valence-corrected chi connectivity index (χ2v) is 5.67. The smallest absolute Gasteiger partial charge is 0.114 e. The molecule has 2 aliphatic heterocycles. The maximum atomic E-state index is 2.42. The minimum Gasteiger partial charge on any atom is -0.325 e. The first kappa shape index (κ1) is 11.6. The van der Waals surface area contributed by atoms with Crippen molar-refractivity contribution >= 4 is 11.4 Å². The fraction of sp³-hybridized carbons (Fsp3) is 0.222. The Morgan fingerprint density at radius 3 is 2.35 bits per heavy atom. The lowest BCUT2D eigenvalue weighted by Gasteiger charge is -2.29. The molecule has 2 aromatic carbocycles. The van der Waals surface area contributed by atoms with Gasteiger partial charge in [-0.05, 0) is 36.6 Å². The van der Waals surface area contributed by atoms with Crippen LogP contribution in [0.25, 0.3) is 0 Å². The zero-order valence-electron chi connectivity index (χ0n) is 11.9. The molecule has 0 fully saturated rings. The van der Waals surface area contributed by atoms with Gasteiger partial charge in [-0.15, -0.1) is 0 Å². The van der Waals surface area contributed by atoms with E-state index in [1.165, 1.54) is 28.1 Å². The number of benzene rings is 2. The Morgan fingerprint density at radius 1 is 0.850 bits per heavy atom. The molecule has 2 nitrogen and oxygen atoms in total. The second-order valence-electron chi connectivity index (χ2n) is 5.67. The van der Waals surface area contributed by atoms with Crippen molar-refractivity contribution in [3.63, 3.8) is 0 Å². The van der Waals surface area contributed by atoms with E-state index >= 15 is 0 Å². The molecule has 2 aliphatic rings. The number of para-hydroxylation sites is 2. The number of hydrogen-bond acceptors (Lipinski definition) is 2. The molecule has 0 bridgehead atoms. The van der Waals surface area contributed by atoms with Crippen molar-refractivity contribution < 1.29 is 0 Å². The number of rotatable bonds is 1. The van der Waals surface area contributed by atoms with E-state index in [1.807, 2.05) is 0 Å². The second kappa shape index (κ2) is 4.14. The molecular weight excluding hydrogens is 244 g/mol. The highest BCUT2D eigenvalue weighted by Gasteiger charge is 2.36. The molecule has 0 aliphatic carbocycles. The van der Waals surface area contributed by atoms with Gasteiger partial charge in [-0.2, -0.15) is 0 Å². The summed E-state index contributed by atoms with van der Waals surface area (Å²) in [5.41, 5.74) is 6.82. The Balaban J connectivity index is 1.77. The van der Waals surface area contributed by atoms with Crippen LogP contribution in [0.1, 0.15) is 16.7 Å². The molecule has 20 heavy (non-hydrogen) atoms. The van der Waals surface area contributed by atoms with Crippen molar-refractivity contribution in [2.45, 2.75) is 26.4 Å². The highest BCUT2D eigenvalue weighted by atomic mass is 15.4. The van der Waals surface area contributed by atoms with E-state index in [2.05, 4.69) is 78.5 Å². The summed E-state index contributed by atoms with van der Waals surface area (Å²) in [6.07, 6.45) is 5.90. The molecule has 2 heteroatoms. The summed E-state index contributed by atoms with van der Waals surface area (Å²) in [5, 5.41) is 0. The number of nitrogens with zero attached hydrogens (tertiary/aromatic N) is 2. The third-order valence-corrected chi connectivity index (χ3v) is 4.40. The van der Waals surface area contributed by atoms with Gasteiger partial charge in [0.2, 0.25) is 0 Å². The summed E-state index contributed by atoms with van der Waals surface area (Å²) in [6, 6.07) is 15.2. The maximum Gasteiger partial charge on any atom is 0.114 e. The summed E-state index contributed by atoms with van der Waals surface area (Å²) < 4.78 is 0. The van der Waals surface area contributed by atoms with Crippen molar-refractivity contribution in [2.24, 2.45) is 0 Å². The predicted octanol–water partition coefficient (Wildman–Crippen LogP) is 3.98. The Labute approximate surface area is 119 Å². The molecule has 0 N–H and O–H groups in total. The average molecular weight is 262 g/mol. The molecular formula is C18H18N2. The van der Waals surface area contributed by atoms with E-state index in [4.69, 9.17) is 0 Å². The molecule has 100 valence electrons. The van der Waals surface area contributed by atoms with Gasteiger partial charge in [0.15, 0.2) is 0 Å². The largest absolute Gasteiger partial charge is 0.325 e. The molecule has 2 aromatic rings. The average Bonchev–Trinajstić information content (AvgIpc) is 2.98. The predicted molar refractivity (Wildman–Crippen MR) is 83.9 cm³/mol. The van der Waals surface area contributed by atoms with Gasteiger partial charge in [-0.3, -0.25) is 0 Å². The van der Waals surface area contributed by atoms with Crippen LogP contribution < -0.4 is 9.80 Å². The van der Waals surface area contributed by atoms with Crippen LogP contribution in [0.15, 0.2) is 54.9 Å².